The maximum atomic E-state index is 5.59. The largest absolute Gasteiger partial charge is 0.466 e. The Morgan fingerprint density at radius 2 is 2.00 bits per heavy atom. The molecule has 0 amide bonds. The summed E-state index contributed by atoms with van der Waals surface area (Å²) in [5.74, 6) is 0.920. The molecule has 0 saturated carbocycles. The van der Waals surface area contributed by atoms with Gasteiger partial charge < -0.3 is 9.16 Å². The van der Waals surface area contributed by atoms with Crippen molar-refractivity contribution in [2.75, 3.05) is 0 Å². The van der Waals surface area contributed by atoms with Crippen molar-refractivity contribution in [3.8, 4) is 5.75 Å². The molecule has 1 rings (SSSR count). The Hall–Kier alpha value is -0.803. The minimum absolute atomic E-state index is 0.132. The van der Waals surface area contributed by atoms with E-state index < -0.39 is 0 Å². The molecule has 0 aromatic heterocycles. The van der Waals surface area contributed by atoms with Crippen molar-refractivity contribution >= 4 is 10.5 Å². The van der Waals surface area contributed by atoms with Crippen molar-refractivity contribution in [1.29, 1.82) is 0 Å². The topological polar surface area (TPSA) is 18.5 Å². The van der Waals surface area contributed by atoms with E-state index in [2.05, 4.69) is 19.9 Å². The maximum absolute atomic E-state index is 5.59. The van der Waals surface area contributed by atoms with Crippen molar-refractivity contribution in [3.05, 3.63) is 29.3 Å². The van der Waals surface area contributed by atoms with Gasteiger partial charge in [0.1, 0.15) is 5.75 Å². The van der Waals surface area contributed by atoms with Crippen LogP contribution in [0.2, 0.25) is 0 Å². The van der Waals surface area contributed by atoms with E-state index in [0.717, 1.165) is 5.75 Å². The van der Waals surface area contributed by atoms with Gasteiger partial charge in [-0.25, -0.2) is 0 Å². The van der Waals surface area contributed by atoms with Gasteiger partial charge in [0.05, 0.1) is 0 Å². The lowest BCUT2D eigenvalue weighted by Gasteiger charge is -2.15. The lowest BCUT2D eigenvalue weighted by Crippen LogP contribution is -2.15. The van der Waals surface area contributed by atoms with Gasteiger partial charge in [-0.2, -0.15) is 0 Å². The molecular formula is C10H16O2Si. The van der Waals surface area contributed by atoms with Crippen LogP contribution in [-0.2, 0) is 4.43 Å². The predicted molar refractivity (Wildman–Crippen MR) is 57.0 cm³/mol. The molecule has 0 spiro atoms. The van der Waals surface area contributed by atoms with Gasteiger partial charge in [-0.15, -0.1) is 0 Å². The molecule has 0 bridgehead atoms. The van der Waals surface area contributed by atoms with E-state index in [1.165, 1.54) is 11.1 Å². The highest BCUT2D eigenvalue weighted by molar-refractivity contribution is 5.98. The van der Waals surface area contributed by atoms with E-state index in [-0.39, 0.29) is 6.29 Å². The summed E-state index contributed by atoms with van der Waals surface area (Å²) in [5, 5.41) is 0. The van der Waals surface area contributed by atoms with Crippen LogP contribution < -0.4 is 4.74 Å². The van der Waals surface area contributed by atoms with Crippen molar-refractivity contribution < 1.29 is 9.16 Å². The summed E-state index contributed by atoms with van der Waals surface area (Å²) in [6, 6.07) is 6.05. The minimum atomic E-state index is -0.132. The Morgan fingerprint density at radius 3 is 2.62 bits per heavy atom. The quantitative estimate of drug-likeness (QED) is 0.536. The highest BCUT2D eigenvalue weighted by atomic mass is 28.2. The highest BCUT2D eigenvalue weighted by Crippen LogP contribution is 2.21. The molecule has 13 heavy (non-hydrogen) atoms. The minimum Gasteiger partial charge on any atom is -0.466 e. The van der Waals surface area contributed by atoms with Crippen LogP contribution in [0, 0.1) is 13.8 Å². The number of rotatable bonds is 3. The van der Waals surface area contributed by atoms with Crippen LogP contribution in [-0.4, -0.2) is 16.8 Å². The summed E-state index contributed by atoms with van der Waals surface area (Å²) in [6.45, 7) is 6.05. The average Bonchev–Trinajstić information content (AvgIpc) is 2.13. The molecule has 0 aliphatic carbocycles. The van der Waals surface area contributed by atoms with E-state index >= 15 is 0 Å². The lowest BCUT2D eigenvalue weighted by atomic mass is 10.1. The average molecular weight is 196 g/mol. The van der Waals surface area contributed by atoms with Gasteiger partial charge in [-0.3, -0.25) is 0 Å². The van der Waals surface area contributed by atoms with E-state index in [4.69, 9.17) is 9.16 Å². The Bertz CT molecular complexity index is 286. The van der Waals surface area contributed by atoms with Gasteiger partial charge in [0.25, 0.3) is 0 Å². The molecule has 3 heteroatoms. The molecule has 1 unspecified atom stereocenters. The van der Waals surface area contributed by atoms with E-state index in [1.54, 1.807) is 0 Å². The Kier molecular flexibility index (Phi) is 3.51. The fraction of sp³-hybridized carbons (Fsp3) is 0.400. The molecule has 0 heterocycles. The number of aryl methyl sites for hydroxylation is 1. The van der Waals surface area contributed by atoms with Crippen LogP contribution >= 0.6 is 0 Å². The summed E-state index contributed by atoms with van der Waals surface area (Å²) in [5.41, 5.74) is 2.44. The summed E-state index contributed by atoms with van der Waals surface area (Å²) in [7, 11) is 0.705. The first kappa shape index (κ1) is 10.3. The van der Waals surface area contributed by atoms with E-state index in [0.29, 0.717) is 10.5 Å². The Labute approximate surface area is 82.4 Å². The lowest BCUT2D eigenvalue weighted by molar-refractivity contribution is 0.0290. The molecule has 0 radical (unpaired) electrons. The van der Waals surface area contributed by atoms with Gasteiger partial charge in [0.2, 0.25) is 0 Å². The van der Waals surface area contributed by atoms with Gasteiger partial charge in [0.15, 0.2) is 16.8 Å². The Morgan fingerprint density at radius 1 is 1.31 bits per heavy atom. The van der Waals surface area contributed by atoms with E-state index in [9.17, 15) is 0 Å². The number of benzene rings is 1. The third-order valence-corrected chi connectivity index (χ3v) is 2.84. The molecule has 0 aliphatic heterocycles. The predicted octanol–water partition coefficient (Wildman–Crippen LogP) is 1.33. The highest BCUT2D eigenvalue weighted by Gasteiger charge is 2.04. The second-order valence-corrected chi connectivity index (χ2v) is 3.59. The van der Waals surface area contributed by atoms with Crippen LogP contribution in [0.15, 0.2) is 18.2 Å². The second kappa shape index (κ2) is 4.44. The zero-order valence-corrected chi connectivity index (χ0v) is 10.6. The summed E-state index contributed by atoms with van der Waals surface area (Å²) in [6.07, 6.45) is -0.132. The van der Waals surface area contributed by atoms with Crippen LogP contribution in [0.3, 0.4) is 0 Å². The summed E-state index contributed by atoms with van der Waals surface area (Å²) in [4.78, 5) is 0. The third kappa shape index (κ3) is 2.57. The molecule has 0 saturated heterocycles. The van der Waals surface area contributed by atoms with Gasteiger partial charge in [-0.05, 0) is 38.0 Å². The van der Waals surface area contributed by atoms with Crippen LogP contribution in [0.4, 0.5) is 0 Å². The van der Waals surface area contributed by atoms with Gasteiger partial charge in [0, 0.05) is 0 Å². The molecule has 72 valence electrons. The number of hydrogen-bond acceptors (Lipinski definition) is 2. The first-order chi connectivity index (χ1) is 6.15. The molecular weight excluding hydrogens is 180 g/mol. The van der Waals surface area contributed by atoms with Crippen molar-refractivity contribution in [2.45, 2.75) is 27.1 Å². The molecule has 2 nitrogen and oxygen atoms in total. The molecule has 0 N–H and O–H groups in total. The van der Waals surface area contributed by atoms with Crippen molar-refractivity contribution in [2.24, 2.45) is 0 Å². The summed E-state index contributed by atoms with van der Waals surface area (Å²) < 4.78 is 10.8. The smallest absolute Gasteiger partial charge is 0.187 e. The Balaban J connectivity index is 2.83. The normalized spacial score (nSPS) is 12.8. The van der Waals surface area contributed by atoms with Crippen LogP contribution in [0.25, 0.3) is 0 Å². The van der Waals surface area contributed by atoms with Gasteiger partial charge in [-0.1, -0.05) is 12.1 Å². The molecule has 1 aromatic carbocycles. The third-order valence-electron chi connectivity index (χ3n) is 2.18. The second-order valence-electron chi connectivity index (χ2n) is 3.12. The van der Waals surface area contributed by atoms with Gasteiger partial charge >= 0.3 is 0 Å². The van der Waals surface area contributed by atoms with Crippen LogP contribution in [0.5, 0.6) is 5.75 Å². The first-order valence-electron chi connectivity index (χ1n) is 4.41. The first-order valence-corrected chi connectivity index (χ1v) is 5.22. The molecule has 0 fully saturated rings. The van der Waals surface area contributed by atoms with Crippen molar-refractivity contribution in [1.82, 2.24) is 0 Å². The zero-order valence-electron chi connectivity index (χ0n) is 8.63. The molecule has 1 atom stereocenters. The van der Waals surface area contributed by atoms with Crippen molar-refractivity contribution in [3.63, 3.8) is 0 Å². The molecule has 0 aliphatic rings. The fourth-order valence-electron chi connectivity index (χ4n) is 1.08. The SMILES string of the molecule is Cc1cccc(OC(C)O[SiH3])c1C. The molecule has 1 aromatic rings. The van der Waals surface area contributed by atoms with Crippen LogP contribution in [0.1, 0.15) is 18.1 Å². The summed E-state index contributed by atoms with van der Waals surface area (Å²) >= 11 is 0. The number of ether oxygens (including phenoxy) is 1. The zero-order chi connectivity index (χ0) is 9.84. The fourth-order valence-corrected chi connectivity index (χ4v) is 1.17. The standard InChI is InChI=1S/C10H16O2Si/c1-7-5-4-6-10(8(7)2)11-9(3)12-13/h4-6,9H,1-3,13H3. The monoisotopic (exact) mass is 196 g/mol. The van der Waals surface area contributed by atoms with E-state index in [1.807, 2.05) is 19.1 Å². The maximum Gasteiger partial charge on any atom is 0.187 e. The number of hydrogen-bond donors (Lipinski definition) is 0.